The molecule has 0 aromatic heterocycles. The third-order valence-corrected chi connectivity index (χ3v) is 8.58. The zero-order valence-electron chi connectivity index (χ0n) is 17.1. The molecule has 1 N–H and O–H groups in total. The number of thiocarbonyl (C=S) groups is 1. The predicted octanol–water partition coefficient (Wildman–Crippen LogP) is 4.75. The molecule has 0 spiro atoms. The molecule has 158 valence electrons. The smallest absolute Gasteiger partial charge is 0.266 e. The van der Waals surface area contributed by atoms with E-state index in [0.29, 0.717) is 28.6 Å². The molecule has 4 aliphatic carbocycles. The monoisotopic (exact) mass is 440 g/mol. The summed E-state index contributed by atoms with van der Waals surface area (Å²) in [7, 11) is 0. The van der Waals surface area contributed by atoms with Crippen LogP contribution in [-0.4, -0.2) is 33.1 Å². The van der Waals surface area contributed by atoms with Crippen LogP contribution in [0.2, 0.25) is 0 Å². The van der Waals surface area contributed by atoms with Gasteiger partial charge >= 0.3 is 0 Å². The quantitative estimate of drug-likeness (QED) is 0.512. The molecule has 4 nitrogen and oxygen atoms in total. The van der Waals surface area contributed by atoms with E-state index in [1.807, 2.05) is 36.4 Å². The Hall–Kier alpha value is -1.66. The fourth-order valence-electron chi connectivity index (χ4n) is 6.41. The Kier molecular flexibility index (Phi) is 5.48. The number of hydrogen-bond acceptors (Lipinski definition) is 4. The number of hydrogen-bond donors (Lipinski definition) is 1. The molecular formula is C24H28N2O2S2. The number of carbonyl (C=O) groups is 2. The van der Waals surface area contributed by atoms with Crippen LogP contribution in [0.15, 0.2) is 35.2 Å². The first-order valence-electron chi connectivity index (χ1n) is 11.1. The van der Waals surface area contributed by atoms with Crippen molar-refractivity contribution in [1.29, 1.82) is 0 Å². The second-order valence-corrected chi connectivity index (χ2v) is 11.3. The van der Waals surface area contributed by atoms with Crippen LogP contribution in [0.4, 0.5) is 0 Å². The van der Waals surface area contributed by atoms with Crippen molar-refractivity contribution < 1.29 is 9.59 Å². The van der Waals surface area contributed by atoms with Gasteiger partial charge in [-0.15, -0.1) is 0 Å². The van der Waals surface area contributed by atoms with Gasteiger partial charge in [0.15, 0.2) is 0 Å². The Morgan fingerprint density at radius 2 is 1.77 bits per heavy atom. The molecule has 5 fully saturated rings. The van der Waals surface area contributed by atoms with E-state index in [9.17, 15) is 9.59 Å². The molecule has 1 saturated heterocycles. The first-order chi connectivity index (χ1) is 14.5. The summed E-state index contributed by atoms with van der Waals surface area (Å²) >= 11 is 6.77. The number of carbonyl (C=O) groups excluding carboxylic acids is 2. The summed E-state index contributed by atoms with van der Waals surface area (Å²) in [6.07, 6.45) is 10.6. The molecule has 2 amide bonds. The summed E-state index contributed by atoms with van der Waals surface area (Å²) in [6, 6.07) is 9.81. The van der Waals surface area contributed by atoms with Gasteiger partial charge in [0.1, 0.15) is 4.32 Å². The topological polar surface area (TPSA) is 49.4 Å². The highest BCUT2D eigenvalue weighted by Gasteiger charge is 2.51. The molecule has 1 heterocycles. The largest absolute Gasteiger partial charge is 0.351 e. The van der Waals surface area contributed by atoms with Gasteiger partial charge in [-0.1, -0.05) is 54.3 Å². The van der Waals surface area contributed by atoms with Gasteiger partial charge in [0.2, 0.25) is 5.91 Å². The third kappa shape index (κ3) is 4.09. The third-order valence-electron chi connectivity index (χ3n) is 7.20. The average Bonchev–Trinajstić information content (AvgIpc) is 2.94. The lowest BCUT2D eigenvalue weighted by molar-refractivity contribution is -0.127. The number of thioether (sulfide) groups is 1. The first-order valence-corrected chi connectivity index (χ1v) is 12.3. The Bertz CT molecular complexity index is 860. The van der Waals surface area contributed by atoms with Gasteiger partial charge in [0.05, 0.1) is 4.91 Å². The van der Waals surface area contributed by atoms with E-state index in [0.717, 1.165) is 23.3 Å². The fourth-order valence-corrected chi connectivity index (χ4v) is 7.72. The molecule has 6 heteroatoms. The number of nitrogens with zero attached hydrogens (tertiary/aromatic N) is 1. The number of nitrogens with one attached hydrogen (secondary N) is 1. The molecule has 0 radical (unpaired) electrons. The van der Waals surface area contributed by atoms with Crippen LogP contribution in [0.25, 0.3) is 6.08 Å². The molecular weight excluding hydrogens is 412 g/mol. The number of amides is 2. The summed E-state index contributed by atoms with van der Waals surface area (Å²) in [5, 5.41) is 3.42. The minimum Gasteiger partial charge on any atom is -0.351 e. The van der Waals surface area contributed by atoms with Crippen LogP contribution in [0.1, 0.15) is 56.9 Å². The standard InChI is InChI=1S/C24H28N2O2S2/c27-21(25-24-13-17-9-18(14-24)11-19(10-17)15-24)7-4-8-26-22(28)20(30-23(26)29)12-16-5-2-1-3-6-16/h1-3,5-6,12,17-19H,4,7-11,13-15H2,(H,25,27). The SMILES string of the molecule is O=C(CCCN1C(=O)C(=Cc2ccccc2)SC1=S)NC12CC3CC(CC(C3)C1)C2. The zero-order valence-corrected chi connectivity index (χ0v) is 18.8. The average molecular weight is 441 g/mol. The van der Waals surface area contributed by atoms with E-state index in [2.05, 4.69) is 5.32 Å². The minimum atomic E-state index is -0.0460. The normalized spacial score (nSPS) is 33.5. The van der Waals surface area contributed by atoms with E-state index in [1.165, 1.54) is 50.3 Å². The van der Waals surface area contributed by atoms with Gasteiger partial charge < -0.3 is 5.32 Å². The molecule has 30 heavy (non-hydrogen) atoms. The lowest BCUT2D eigenvalue weighted by Crippen LogP contribution is -2.59. The molecule has 0 unspecified atom stereocenters. The van der Waals surface area contributed by atoms with Crippen LogP contribution in [0, 0.1) is 17.8 Å². The summed E-state index contributed by atoms with van der Waals surface area (Å²) in [5.41, 5.74) is 1.06. The van der Waals surface area contributed by atoms with Crippen LogP contribution < -0.4 is 5.32 Å². The predicted molar refractivity (Wildman–Crippen MR) is 125 cm³/mol. The Balaban J connectivity index is 1.13. The van der Waals surface area contributed by atoms with E-state index >= 15 is 0 Å². The summed E-state index contributed by atoms with van der Waals surface area (Å²) in [4.78, 5) is 27.8. The van der Waals surface area contributed by atoms with Crippen molar-refractivity contribution in [2.24, 2.45) is 17.8 Å². The Labute approximate surface area is 187 Å². The molecule has 4 saturated carbocycles. The summed E-state index contributed by atoms with van der Waals surface area (Å²) in [5.74, 6) is 2.56. The molecule has 5 aliphatic rings. The van der Waals surface area contributed by atoms with Crippen LogP contribution in [0.5, 0.6) is 0 Å². The fraction of sp³-hybridized carbons (Fsp3) is 0.542. The molecule has 6 rings (SSSR count). The minimum absolute atomic E-state index is 0.0460. The second kappa shape index (κ2) is 8.12. The maximum atomic E-state index is 12.7. The van der Waals surface area contributed by atoms with Gasteiger partial charge in [-0.3, -0.25) is 14.5 Å². The van der Waals surface area contributed by atoms with Crippen LogP contribution >= 0.6 is 24.0 Å². The van der Waals surface area contributed by atoms with Crippen LogP contribution in [-0.2, 0) is 9.59 Å². The van der Waals surface area contributed by atoms with Crippen molar-refractivity contribution in [3.63, 3.8) is 0 Å². The van der Waals surface area contributed by atoms with Crippen molar-refractivity contribution in [2.45, 2.75) is 56.9 Å². The Morgan fingerprint density at radius 3 is 2.40 bits per heavy atom. The first kappa shape index (κ1) is 20.3. The maximum absolute atomic E-state index is 12.7. The highest BCUT2D eigenvalue weighted by molar-refractivity contribution is 8.26. The van der Waals surface area contributed by atoms with E-state index in [-0.39, 0.29) is 17.4 Å². The molecule has 1 aromatic carbocycles. The zero-order chi connectivity index (χ0) is 20.7. The van der Waals surface area contributed by atoms with Crippen molar-refractivity contribution >= 4 is 46.2 Å². The molecule has 4 bridgehead atoms. The molecule has 1 aromatic rings. The van der Waals surface area contributed by atoms with E-state index in [1.54, 1.807) is 4.90 Å². The molecule has 1 aliphatic heterocycles. The summed E-state index contributed by atoms with van der Waals surface area (Å²) < 4.78 is 0.587. The second-order valence-electron chi connectivity index (χ2n) is 9.59. The van der Waals surface area contributed by atoms with Gasteiger partial charge in [-0.2, -0.15) is 0 Å². The van der Waals surface area contributed by atoms with Crippen molar-refractivity contribution in [2.75, 3.05) is 6.54 Å². The Morgan fingerprint density at radius 1 is 1.13 bits per heavy atom. The highest BCUT2D eigenvalue weighted by Crippen LogP contribution is 2.55. The van der Waals surface area contributed by atoms with Crippen LogP contribution in [0.3, 0.4) is 0 Å². The van der Waals surface area contributed by atoms with Gasteiger partial charge in [0.25, 0.3) is 5.91 Å². The van der Waals surface area contributed by atoms with E-state index < -0.39 is 0 Å². The summed E-state index contributed by atoms with van der Waals surface area (Å²) in [6.45, 7) is 0.505. The number of benzene rings is 1. The van der Waals surface area contributed by atoms with Crippen molar-refractivity contribution in [1.82, 2.24) is 10.2 Å². The van der Waals surface area contributed by atoms with Crippen molar-refractivity contribution in [3.05, 3.63) is 40.8 Å². The van der Waals surface area contributed by atoms with Gasteiger partial charge in [-0.25, -0.2) is 0 Å². The van der Waals surface area contributed by atoms with Gasteiger partial charge in [0, 0.05) is 18.5 Å². The van der Waals surface area contributed by atoms with Gasteiger partial charge in [-0.05, 0) is 74.3 Å². The number of rotatable bonds is 6. The van der Waals surface area contributed by atoms with Crippen molar-refractivity contribution in [3.8, 4) is 0 Å². The van der Waals surface area contributed by atoms with E-state index in [4.69, 9.17) is 12.2 Å². The lowest BCUT2D eigenvalue weighted by Gasteiger charge is -2.56. The molecule has 0 atom stereocenters. The highest BCUT2D eigenvalue weighted by atomic mass is 32.2. The lowest BCUT2D eigenvalue weighted by atomic mass is 9.53. The maximum Gasteiger partial charge on any atom is 0.266 e.